The molecule has 0 aliphatic heterocycles. The molecule has 1 heterocycles. The van der Waals surface area contributed by atoms with Crippen molar-refractivity contribution in [3.8, 4) is 0 Å². The molecular weight excluding hydrogens is 437 g/mol. The van der Waals surface area contributed by atoms with Crippen molar-refractivity contribution < 1.29 is 4.42 Å². The molecule has 0 fully saturated rings. The van der Waals surface area contributed by atoms with Gasteiger partial charge < -0.3 is 9.73 Å². The zero-order valence-corrected chi connectivity index (χ0v) is 18.6. The molecule has 1 N–H and O–H groups in total. The lowest BCUT2D eigenvalue weighted by Gasteiger charge is -2.13. The molecule has 0 unspecified atom stereocenters. The van der Waals surface area contributed by atoms with E-state index >= 15 is 0 Å². The molecule has 152 valence electrons. The molecule has 30 heavy (non-hydrogen) atoms. The molecule has 4 aromatic rings. The van der Waals surface area contributed by atoms with E-state index in [1.807, 2.05) is 30.3 Å². The molecule has 0 aliphatic rings. The molecule has 0 atom stereocenters. The Hall–Kier alpha value is -2.47. The minimum atomic E-state index is 0.503. The summed E-state index contributed by atoms with van der Waals surface area (Å²) in [5.74, 6) is 1.34. The van der Waals surface area contributed by atoms with Gasteiger partial charge in [0.15, 0.2) is 0 Å². The van der Waals surface area contributed by atoms with E-state index in [0.717, 1.165) is 17.0 Å². The van der Waals surface area contributed by atoms with Gasteiger partial charge in [-0.1, -0.05) is 89.1 Å². The highest BCUT2D eigenvalue weighted by atomic mass is 35.5. The smallest absolute Gasteiger partial charge is 0.276 e. The van der Waals surface area contributed by atoms with Gasteiger partial charge in [-0.3, -0.25) is 0 Å². The van der Waals surface area contributed by atoms with Crippen molar-refractivity contribution in [3.63, 3.8) is 0 Å². The second kappa shape index (κ2) is 9.56. The van der Waals surface area contributed by atoms with E-state index in [9.17, 15) is 0 Å². The highest BCUT2D eigenvalue weighted by molar-refractivity contribution is 7.98. The normalized spacial score (nSPS) is 10.9. The second-order valence-electron chi connectivity index (χ2n) is 6.79. The number of nitrogens with zero attached hydrogens (tertiary/aromatic N) is 2. The predicted molar refractivity (Wildman–Crippen MR) is 124 cm³/mol. The fraction of sp³-hybridized carbons (Fsp3) is 0.130. The van der Waals surface area contributed by atoms with Crippen molar-refractivity contribution >= 4 is 46.3 Å². The summed E-state index contributed by atoms with van der Waals surface area (Å²) in [6.07, 6.45) is 0.503. The van der Waals surface area contributed by atoms with Gasteiger partial charge in [0.25, 0.3) is 5.22 Å². The third-order valence-electron chi connectivity index (χ3n) is 4.51. The van der Waals surface area contributed by atoms with Crippen LogP contribution in [0.5, 0.6) is 0 Å². The van der Waals surface area contributed by atoms with Crippen LogP contribution in [0, 0.1) is 6.92 Å². The minimum Gasteiger partial charge on any atom is -0.416 e. The molecule has 0 spiro atoms. The number of halogens is 2. The van der Waals surface area contributed by atoms with Gasteiger partial charge in [-0.15, -0.1) is 10.2 Å². The van der Waals surface area contributed by atoms with Crippen molar-refractivity contribution in [2.45, 2.75) is 24.3 Å². The molecular formula is C23H19Cl2N3OS. The van der Waals surface area contributed by atoms with E-state index in [-0.39, 0.29) is 0 Å². The lowest BCUT2D eigenvalue weighted by Crippen LogP contribution is -1.98. The summed E-state index contributed by atoms with van der Waals surface area (Å²) in [6, 6.07) is 21.7. The van der Waals surface area contributed by atoms with Crippen LogP contribution in [-0.4, -0.2) is 10.2 Å². The minimum absolute atomic E-state index is 0.503. The standard InChI is InChI=1S/C23H19Cl2N3OS/c1-15-9-11-16(12-10-15)14-30-23-28-27-21(29-23)13-17-5-2-3-8-20(17)26-22-18(24)6-4-7-19(22)25/h2-12,26H,13-14H2,1H3. The molecule has 0 saturated carbocycles. The largest absolute Gasteiger partial charge is 0.416 e. The number of hydrogen-bond acceptors (Lipinski definition) is 5. The summed E-state index contributed by atoms with van der Waals surface area (Å²) in [4.78, 5) is 0. The maximum absolute atomic E-state index is 6.30. The number of aromatic nitrogens is 2. The quantitative estimate of drug-likeness (QED) is 0.296. The highest BCUT2D eigenvalue weighted by Gasteiger charge is 2.12. The van der Waals surface area contributed by atoms with E-state index in [0.29, 0.717) is 33.3 Å². The van der Waals surface area contributed by atoms with Gasteiger partial charge in [-0.25, -0.2) is 0 Å². The molecule has 3 aromatic carbocycles. The second-order valence-corrected chi connectivity index (χ2v) is 8.53. The molecule has 0 saturated heterocycles. The Morgan fingerprint density at radius 2 is 1.63 bits per heavy atom. The van der Waals surface area contributed by atoms with Gasteiger partial charge in [-0.05, 0) is 36.2 Å². The van der Waals surface area contributed by atoms with Crippen LogP contribution in [0.15, 0.2) is 76.4 Å². The van der Waals surface area contributed by atoms with Crippen molar-refractivity contribution in [2.24, 2.45) is 0 Å². The zero-order valence-electron chi connectivity index (χ0n) is 16.2. The third-order valence-corrected chi connectivity index (χ3v) is 6.03. The van der Waals surface area contributed by atoms with Crippen molar-refractivity contribution in [3.05, 3.63) is 99.4 Å². The number of thioether (sulfide) groups is 1. The Bertz CT molecular complexity index is 1130. The van der Waals surface area contributed by atoms with Gasteiger partial charge in [0, 0.05) is 11.4 Å². The van der Waals surface area contributed by atoms with Crippen LogP contribution in [-0.2, 0) is 12.2 Å². The monoisotopic (exact) mass is 455 g/mol. The van der Waals surface area contributed by atoms with Gasteiger partial charge in [0.1, 0.15) is 0 Å². The number of rotatable bonds is 7. The molecule has 4 rings (SSSR count). The first-order valence-corrected chi connectivity index (χ1v) is 11.1. The van der Waals surface area contributed by atoms with E-state index in [2.05, 4.69) is 46.7 Å². The molecule has 4 nitrogen and oxygen atoms in total. The zero-order chi connectivity index (χ0) is 20.9. The Morgan fingerprint density at radius 1 is 0.900 bits per heavy atom. The topological polar surface area (TPSA) is 51.0 Å². The SMILES string of the molecule is Cc1ccc(CSc2nnc(Cc3ccccc3Nc3c(Cl)cccc3Cl)o2)cc1. The molecule has 0 bridgehead atoms. The lowest BCUT2D eigenvalue weighted by molar-refractivity contribution is 0.420. The first-order valence-electron chi connectivity index (χ1n) is 9.38. The maximum Gasteiger partial charge on any atom is 0.276 e. The van der Waals surface area contributed by atoms with Crippen LogP contribution >= 0.6 is 35.0 Å². The van der Waals surface area contributed by atoms with Gasteiger partial charge in [0.05, 0.1) is 22.2 Å². The summed E-state index contributed by atoms with van der Waals surface area (Å²) in [5.41, 5.74) is 5.03. The van der Waals surface area contributed by atoms with Gasteiger partial charge in [0.2, 0.25) is 5.89 Å². The first kappa shape index (κ1) is 20.8. The summed E-state index contributed by atoms with van der Waals surface area (Å²) in [6.45, 7) is 2.08. The molecule has 7 heteroatoms. The van der Waals surface area contributed by atoms with Crippen LogP contribution < -0.4 is 5.32 Å². The number of hydrogen-bond donors (Lipinski definition) is 1. The fourth-order valence-electron chi connectivity index (χ4n) is 2.91. The number of aryl methyl sites for hydroxylation is 1. The highest BCUT2D eigenvalue weighted by Crippen LogP contribution is 2.34. The van der Waals surface area contributed by atoms with Crippen LogP contribution in [0.4, 0.5) is 11.4 Å². The van der Waals surface area contributed by atoms with E-state index in [1.54, 1.807) is 12.1 Å². The average molecular weight is 456 g/mol. The van der Waals surface area contributed by atoms with E-state index in [1.165, 1.54) is 22.9 Å². The third kappa shape index (κ3) is 5.17. The van der Waals surface area contributed by atoms with Crippen LogP contribution in [0.2, 0.25) is 10.0 Å². The summed E-state index contributed by atoms with van der Waals surface area (Å²) < 4.78 is 5.85. The number of benzene rings is 3. The van der Waals surface area contributed by atoms with Crippen LogP contribution in [0.25, 0.3) is 0 Å². The molecule has 1 aromatic heterocycles. The van der Waals surface area contributed by atoms with E-state index in [4.69, 9.17) is 27.6 Å². The summed E-state index contributed by atoms with van der Waals surface area (Å²) in [7, 11) is 0. The van der Waals surface area contributed by atoms with Crippen LogP contribution in [0.1, 0.15) is 22.6 Å². The first-order chi connectivity index (χ1) is 14.6. The predicted octanol–water partition coefficient (Wildman–Crippen LogP) is 7.31. The average Bonchev–Trinajstić information content (AvgIpc) is 3.19. The lowest BCUT2D eigenvalue weighted by atomic mass is 10.1. The number of para-hydroxylation sites is 2. The fourth-order valence-corrected chi connectivity index (χ4v) is 4.14. The molecule has 0 radical (unpaired) electrons. The molecule has 0 aliphatic carbocycles. The maximum atomic E-state index is 6.30. The van der Waals surface area contributed by atoms with Gasteiger partial charge >= 0.3 is 0 Å². The van der Waals surface area contributed by atoms with Crippen molar-refractivity contribution in [2.75, 3.05) is 5.32 Å². The van der Waals surface area contributed by atoms with Crippen molar-refractivity contribution in [1.82, 2.24) is 10.2 Å². The number of anilines is 2. The summed E-state index contributed by atoms with van der Waals surface area (Å²) in [5, 5.41) is 13.4. The van der Waals surface area contributed by atoms with Gasteiger partial charge in [-0.2, -0.15) is 0 Å². The number of nitrogens with one attached hydrogen (secondary N) is 1. The summed E-state index contributed by atoms with van der Waals surface area (Å²) >= 11 is 14.1. The Labute approximate surface area is 189 Å². The van der Waals surface area contributed by atoms with Crippen molar-refractivity contribution in [1.29, 1.82) is 0 Å². The molecule has 0 amide bonds. The Morgan fingerprint density at radius 3 is 2.40 bits per heavy atom. The Kier molecular flexibility index (Phi) is 6.62. The van der Waals surface area contributed by atoms with E-state index < -0.39 is 0 Å². The Balaban J connectivity index is 1.46. The van der Waals surface area contributed by atoms with Crippen LogP contribution in [0.3, 0.4) is 0 Å².